The number of aromatic nitrogens is 1. The highest BCUT2D eigenvalue weighted by atomic mass is 35.5. The predicted octanol–water partition coefficient (Wildman–Crippen LogP) is 5.17. The first-order valence-corrected chi connectivity index (χ1v) is 11.4. The van der Waals surface area contributed by atoms with Crippen molar-refractivity contribution in [2.45, 2.75) is 6.92 Å². The summed E-state index contributed by atoms with van der Waals surface area (Å²) < 4.78 is 31.0. The maximum atomic E-state index is 15.5. The highest BCUT2D eigenvalue weighted by Crippen LogP contribution is 2.45. The quantitative estimate of drug-likeness (QED) is 0.337. The van der Waals surface area contributed by atoms with Crippen molar-refractivity contribution in [3.8, 4) is 23.3 Å². The fraction of sp³-hybridized carbons (Fsp3) is 0.200. The van der Waals surface area contributed by atoms with E-state index in [1.165, 1.54) is 17.2 Å². The largest absolute Gasteiger partial charge is 0.384 e. The van der Waals surface area contributed by atoms with Crippen LogP contribution in [0.4, 0.5) is 36.5 Å². The molecule has 1 aliphatic heterocycles. The van der Waals surface area contributed by atoms with Crippen LogP contribution in [-0.4, -0.2) is 37.2 Å². The molecule has 0 spiro atoms. The number of nitrogens with one attached hydrogen (secondary N) is 2. The summed E-state index contributed by atoms with van der Waals surface area (Å²) in [6, 6.07) is 11.6. The van der Waals surface area contributed by atoms with Crippen molar-refractivity contribution in [3.05, 3.63) is 64.8 Å². The van der Waals surface area contributed by atoms with E-state index in [0.29, 0.717) is 29.2 Å². The normalized spacial score (nSPS) is 12.3. The third kappa shape index (κ3) is 4.65. The molecule has 1 aromatic heterocycles. The number of pyridine rings is 1. The monoisotopic (exact) mass is 507 g/mol. The van der Waals surface area contributed by atoms with Crippen molar-refractivity contribution in [2.75, 3.05) is 41.3 Å². The van der Waals surface area contributed by atoms with Crippen LogP contribution in [0.15, 0.2) is 42.6 Å². The predicted molar refractivity (Wildman–Crippen MR) is 133 cm³/mol. The van der Waals surface area contributed by atoms with Crippen LogP contribution in [-0.2, 0) is 0 Å². The number of nitriles is 2. The number of nitrogens with zero attached hydrogens (tertiary/aromatic N) is 5. The van der Waals surface area contributed by atoms with Gasteiger partial charge in [-0.1, -0.05) is 17.7 Å². The van der Waals surface area contributed by atoms with E-state index in [4.69, 9.17) is 16.9 Å². The Morgan fingerprint density at radius 1 is 1.08 bits per heavy atom. The standard InChI is InChI=1S/C25H20ClF2N7O/c1-2-34-24-19(10-16(26)14-33-24)18-4-3-15(13-30)9-22(18)35(25(34)36)23-20(27)11-17(12-21(23)28)32-8-7-31-6-5-29/h3-4,9-12,14,31-32H,2,6-8H2,1H3. The SMILES string of the molecule is CCN1C(=O)N(c2c(F)cc(NCCNCC#N)cc2F)c2cc(C#N)ccc2-c2cc(Cl)cnc21. The molecule has 0 unspecified atom stereocenters. The number of rotatable bonds is 7. The van der Waals surface area contributed by atoms with Crippen molar-refractivity contribution in [1.29, 1.82) is 10.5 Å². The Balaban J connectivity index is 1.85. The van der Waals surface area contributed by atoms with Crippen molar-refractivity contribution >= 4 is 40.5 Å². The van der Waals surface area contributed by atoms with Crippen LogP contribution in [0.2, 0.25) is 5.02 Å². The number of hydrogen-bond acceptors (Lipinski definition) is 6. The lowest BCUT2D eigenvalue weighted by Gasteiger charge is -2.28. The Morgan fingerprint density at radius 3 is 2.50 bits per heavy atom. The summed E-state index contributed by atoms with van der Waals surface area (Å²) in [5, 5.41) is 24.1. The van der Waals surface area contributed by atoms with Gasteiger partial charge >= 0.3 is 6.03 Å². The first kappa shape index (κ1) is 24.9. The number of fused-ring (bicyclic) bond motifs is 3. The number of urea groups is 1. The van der Waals surface area contributed by atoms with Gasteiger partial charge in [0.25, 0.3) is 0 Å². The summed E-state index contributed by atoms with van der Waals surface area (Å²) in [4.78, 5) is 20.3. The fourth-order valence-corrected chi connectivity index (χ4v) is 4.15. The van der Waals surface area contributed by atoms with Gasteiger partial charge in [-0.3, -0.25) is 9.80 Å². The smallest absolute Gasteiger partial charge is 0.334 e. The molecule has 4 rings (SSSR count). The third-order valence-electron chi connectivity index (χ3n) is 5.56. The summed E-state index contributed by atoms with van der Waals surface area (Å²) in [5.74, 6) is -1.67. The molecule has 0 fully saturated rings. The van der Waals surface area contributed by atoms with E-state index in [9.17, 15) is 10.1 Å². The Bertz CT molecular complexity index is 1390. The molecule has 2 aromatic carbocycles. The lowest BCUT2D eigenvalue weighted by Crippen LogP contribution is -2.41. The summed E-state index contributed by atoms with van der Waals surface area (Å²) in [6.07, 6.45) is 1.39. The van der Waals surface area contributed by atoms with Gasteiger partial charge in [0.05, 0.1) is 35.0 Å². The second kappa shape index (κ2) is 10.6. The van der Waals surface area contributed by atoms with Gasteiger partial charge in [-0.05, 0) is 37.3 Å². The van der Waals surface area contributed by atoms with Crippen LogP contribution >= 0.6 is 11.6 Å². The molecule has 11 heteroatoms. The summed E-state index contributed by atoms with van der Waals surface area (Å²) in [5.41, 5.74) is 0.847. The van der Waals surface area contributed by atoms with Gasteiger partial charge in [-0.2, -0.15) is 10.5 Å². The maximum absolute atomic E-state index is 15.5. The second-order valence-corrected chi connectivity index (χ2v) is 8.22. The number of anilines is 4. The molecule has 1 aliphatic rings. The van der Waals surface area contributed by atoms with Crippen LogP contribution in [0.1, 0.15) is 12.5 Å². The molecule has 0 bridgehead atoms. The molecule has 0 aliphatic carbocycles. The number of benzene rings is 2. The Kier molecular flexibility index (Phi) is 7.30. The van der Waals surface area contributed by atoms with Gasteiger partial charge < -0.3 is 10.6 Å². The molecule has 8 nitrogen and oxygen atoms in total. The summed E-state index contributed by atoms with van der Waals surface area (Å²) in [7, 11) is 0. The Morgan fingerprint density at radius 2 is 1.83 bits per heavy atom. The minimum absolute atomic E-state index is 0.125. The van der Waals surface area contributed by atoms with Gasteiger partial charge in [0.2, 0.25) is 0 Å². The lowest BCUT2D eigenvalue weighted by molar-refractivity contribution is 0.253. The summed E-state index contributed by atoms with van der Waals surface area (Å²) >= 11 is 6.19. The molecule has 3 aromatic rings. The van der Waals surface area contributed by atoms with Crippen LogP contribution < -0.4 is 20.4 Å². The number of hydrogen-bond donors (Lipinski definition) is 2. The maximum Gasteiger partial charge on any atom is 0.334 e. The first-order chi connectivity index (χ1) is 17.4. The molecular weight excluding hydrogens is 488 g/mol. The minimum atomic E-state index is -0.975. The summed E-state index contributed by atoms with van der Waals surface area (Å²) in [6.45, 7) is 2.76. The molecule has 2 amide bonds. The number of amides is 2. The van der Waals surface area contributed by atoms with Gasteiger partial charge in [0.15, 0.2) is 11.6 Å². The van der Waals surface area contributed by atoms with Crippen LogP contribution in [0.25, 0.3) is 11.1 Å². The number of carbonyl (C=O) groups excluding carboxylic acids is 1. The third-order valence-corrected chi connectivity index (χ3v) is 5.77. The molecule has 0 saturated carbocycles. The zero-order valence-corrected chi connectivity index (χ0v) is 19.9. The van der Waals surface area contributed by atoms with Gasteiger partial charge in [0, 0.05) is 42.6 Å². The average Bonchev–Trinajstić information content (AvgIpc) is 2.95. The van der Waals surface area contributed by atoms with Crippen molar-refractivity contribution < 1.29 is 13.6 Å². The number of carbonyl (C=O) groups is 1. The molecule has 0 atom stereocenters. The molecule has 36 heavy (non-hydrogen) atoms. The van der Waals surface area contributed by atoms with Gasteiger partial charge in [-0.15, -0.1) is 0 Å². The van der Waals surface area contributed by atoms with Crippen molar-refractivity contribution in [3.63, 3.8) is 0 Å². The minimum Gasteiger partial charge on any atom is -0.384 e. The molecular formula is C25H20ClF2N7O. The first-order valence-electron chi connectivity index (χ1n) is 11.0. The van der Waals surface area contributed by atoms with E-state index < -0.39 is 23.4 Å². The van der Waals surface area contributed by atoms with Crippen LogP contribution in [0.5, 0.6) is 0 Å². The van der Waals surface area contributed by atoms with E-state index >= 15 is 8.78 Å². The average molecular weight is 508 g/mol. The fourth-order valence-electron chi connectivity index (χ4n) is 4.00. The Hall–Kier alpha value is -4.25. The molecule has 182 valence electrons. The molecule has 0 radical (unpaired) electrons. The van der Waals surface area contributed by atoms with E-state index in [-0.39, 0.29) is 35.8 Å². The molecule has 2 N–H and O–H groups in total. The molecule has 2 heterocycles. The van der Waals surface area contributed by atoms with Gasteiger partial charge in [0.1, 0.15) is 11.5 Å². The van der Waals surface area contributed by atoms with Crippen LogP contribution in [0.3, 0.4) is 0 Å². The molecule has 0 saturated heterocycles. The zero-order chi connectivity index (χ0) is 25.8. The number of halogens is 3. The highest BCUT2D eigenvalue weighted by molar-refractivity contribution is 6.31. The van der Waals surface area contributed by atoms with E-state index in [1.807, 2.05) is 12.1 Å². The van der Waals surface area contributed by atoms with Crippen molar-refractivity contribution in [1.82, 2.24) is 10.3 Å². The second-order valence-electron chi connectivity index (χ2n) is 7.78. The van der Waals surface area contributed by atoms with Crippen LogP contribution in [0, 0.1) is 34.3 Å². The highest BCUT2D eigenvalue weighted by Gasteiger charge is 2.36. The zero-order valence-electron chi connectivity index (χ0n) is 19.1. The topological polar surface area (TPSA) is 108 Å². The van der Waals surface area contributed by atoms with E-state index in [1.54, 1.807) is 25.1 Å². The van der Waals surface area contributed by atoms with Crippen molar-refractivity contribution in [2.24, 2.45) is 0 Å². The van der Waals surface area contributed by atoms with Gasteiger partial charge in [-0.25, -0.2) is 18.6 Å². The van der Waals surface area contributed by atoms with E-state index in [2.05, 4.69) is 15.6 Å². The lowest BCUT2D eigenvalue weighted by atomic mass is 10.0. The Labute approximate surface area is 211 Å². The van der Waals surface area contributed by atoms with E-state index in [0.717, 1.165) is 17.0 Å².